The van der Waals surface area contributed by atoms with E-state index >= 15 is 0 Å². The summed E-state index contributed by atoms with van der Waals surface area (Å²) in [5.41, 5.74) is 0.401. The Kier molecular flexibility index (Phi) is 4.04. The van der Waals surface area contributed by atoms with Gasteiger partial charge in [0.1, 0.15) is 5.75 Å². The van der Waals surface area contributed by atoms with Crippen molar-refractivity contribution in [1.82, 2.24) is 5.32 Å². The molecule has 0 saturated carbocycles. The van der Waals surface area contributed by atoms with Crippen molar-refractivity contribution in [3.63, 3.8) is 0 Å². The summed E-state index contributed by atoms with van der Waals surface area (Å²) >= 11 is 11.0. The van der Waals surface area contributed by atoms with Gasteiger partial charge in [-0.1, -0.05) is 11.6 Å². The minimum Gasteiger partial charge on any atom is -0.506 e. The Labute approximate surface area is 91.6 Å². The van der Waals surface area contributed by atoms with Crippen LogP contribution in [-0.2, 0) is 0 Å². The summed E-state index contributed by atoms with van der Waals surface area (Å²) in [5, 5.41) is 11.9. The molecule has 0 aromatic heterocycles. The van der Waals surface area contributed by atoms with Crippen LogP contribution in [0.25, 0.3) is 0 Å². The third-order valence-electron chi connectivity index (χ3n) is 1.59. The molecule has 76 valence electrons. The molecule has 1 aromatic carbocycles. The second kappa shape index (κ2) is 5.08. The van der Waals surface area contributed by atoms with Crippen LogP contribution in [-0.4, -0.2) is 23.4 Å². The summed E-state index contributed by atoms with van der Waals surface area (Å²) in [6.07, 6.45) is 0. The Morgan fingerprint density at radius 1 is 1.50 bits per heavy atom. The van der Waals surface area contributed by atoms with Gasteiger partial charge in [-0.15, -0.1) is 11.6 Å². The first-order chi connectivity index (χ1) is 6.65. The number of carbonyl (C=O) groups excluding carboxylic acids is 1. The highest BCUT2D eigenvalue weighted by Crippen LogP contribution is 2.23. The van der Waals surface area contributed by atoms with Crippen molar-refractivity contribution >= 4 is 29.1 Å². The molecule has 0 atom stereocenters. The van der Waals surface area contributed by atoms with Crippen LogP contribution in [0.3, 0.4) is 0 Å². The summed E-state index contributed by atoms with van der Waals surface area (Å²) in [4.78, 5) is 11.4. The fourth-order valence-electron chi connectivity index (χ4n) is 0.911. The van der Waals surface area contributed by atoms with Crippen molar-refractivity contribution in [2.75, 3.05) is 12.4 Å². The Bertz CT molecular complexity index is 342. The zero-order chi connectivity index (χ0) is 10.6. The first-order valence-electron chi connectivity index (χ1n) is 3.98. The molecule has 0 saturated heterocycles. The molecule has 1 amide bonds. The number of halogens is 2. The van der Waals surface area contributed by atoms with E-state index in [0.29, 0.717) is 18.0 Å². The van der Waals surface area contributed by atoms with Gasteiger partial charge in [-0.05, 0) is 18.2 Å². The predicted octanol–water partition coefficient (Wildman–Crippen LogP) is 2.01. The van der Waals surface area contributed by atoms with Crippen LogP contribution in [0.4, 0.5) is 0 Å². The van der Waals surface area contributed by atoms with Crippen molar-refractivity contribution in [2.24, 2.45) is 0 Å². The van der Waals surface area contributed by atoms with Gasteiger partial charge in [0.15, 0.2) is 0 Å². The Balaban J connectivity index is 2.76. The number of aromatic hydroxyl groups is 1. The zero-order valence-electron chi connectivity index (χ0n) is 7.26. The van der Waals surface area contributed by atoms with E-state index in [9.17, 15) is 4.79 Å². The van der Waals surface area contributed by atoms with Gasteiger partial charge in [-0.25, -0.2) is 0 Å². The van der Waals surface area contributed by atoms with Crippen molar-refractivity contribution < 1.29 is 9.90 Å². The van der Waals surface area contributed by atoms with Crippen LogP contribution in [0.15, 0.2) is 18.2 Å². The predicted molar refractivity (Wildman–Crippen MR) is 56.2 cm³/mol. The lowest BCUT2D eigenvalue weighted by Gasteiger charge is -2.03. The Morgan fingerprint density at radius 2 is 2.21 bits per heavy atom. The van der Waals surface area contributed by atoms with Gasteiger partial charge in [0.25, 0.3) is 5.91 Å². The zero-order valence-corrected chi connectivity index (χ0v) is 8.77. The number of alkyl halides is 1. The molecule has 1 rings (SSSR count). The van der Waals surface area contributed by atoms with E-state index in [1.54, 1.807) is 0 Å². The average Bonchev–Trinajstić information content (AvgIpc) is 2.18. The highest BCUT2D eigenvalue weighted by atomic mass is 35.5. The number of phenolic OH excluding ortho intramolecular Hbond substituents is 1. The summed E-state index contributed by atoms with van der Waals surface area (Å²) < 4.78 is 0. The Morgan fingerprint density at radius 3 is 2.79 bits per heavy atom. The van der Waals surface area contributed by atoms with Gasteiger partial charge in [0.05, 0.1) is 5.02 Å². The quantitative estimate of drug-likeness (QED) is 0.786. The van der Waals surface area contributed by atoms with Crippen molar-refractivity contribution in [3.05, 3.63) is 28.8 Å². The van der Waals surface area contributed by atoms with E-state index < -0.39 is 0 Å². The molecular weight excluding hydrogens is 225 g/mol. The molecule has 2 N–H and O–H groups in total. The molecule has 1 aromatic rings. The standard InChI is InChI=1S/C9H9Cl2NO2/c10-3-4-12-9(14)6-1-2-8(13)7(11)5-6/h1-2,5,13H,3-4H2,(H,12,14). The van der Waals surface area contributed by atoms with Crippen LogP contribution in [0, 0.1) is 0 Å². The number of hydrogen-bond acceptors (Lipinski definition) is 2. The number of rotatable bonds is 3. The SMILES string of the molecule is O=C(NCCCl)c1ccc(O)c(Cl)c1. The molecular formula is C9H9Cl2NO2. The van der Waals surface area contributed by atoms with Crippen LogP contribution in [0.2, 0.25) is 5.02 Å². The summed E-state index contributed by atoms with van der Waals surface area (Å²) in [6.45, 7) is 0.402. The van der Waals surface area contributed by atoms with E-state index in [2.05, 4.69) is 5.32 Å². The average molecular weight is 234 g/mol. The molecule has 0 radical (unpaired) electrons. The number of nitrogens with one attached hydrogen (secondary N) is 1. The fourth-order valence-corrected chi connectivity index (χ4v) is 1.19. The molecule has 0 spiro atoms. The summed E-state index contributed by atoms with van der Waals surface area (Å²) in [7, 11) is 0. The number of hydrogen-bond donors (Lipinski definition) is 2. The second-order valence-corrected chi connectivity index (χ2v) is 3.40. The second-order valence-electron chi connectivity index (χ2n) is 2.61. The summed E-state index contributed by atoms with van der Waals surface area (Å²) in [5.74, 6) is 0.0606. The number of amides is 1. The molecule has 3 nitrogen and oxygen atoms in total. The lowest BCUT2D eigenvalue weighted by atomic mass is 10.2. The van der Waals surface area contributed by atoms with Gasteiger partial charge < -0.3 is 10.4 Å². The molecule has 0 fully saturated rings. The van der Waals surface area contributed by atoms with E-state index in [1.165, 1.54) is 18.2 Å². The maximum atomic E-state index is 11.4. The van der Waals surface area contributed by atoms with E-state index in [0.717, 1.165) is 0 Å². The van der Waals surface area contributed by atoms with Gasteiger partial charge in [0, 0.05) is 18.0 Å². The molecule has 14 heavy (non-hydrogen) atoms. The maximum Gasteiger partial charge on any atom is 0.251 e. The highest BCUT2D eigenvalue weighted by Gasteiger charge is 2.06. The first-order valence-corrected chi connectivity index (χ1v) is 4.89. The number of carbonyl (C=O) groups is 1. The maximum absolute atomic E-state index is 11.4. The van der Waals surface area contributed by atoms with E-state index in [1.807, 2.05) is 0 Å². The van der Waals surface area contributed by atoms with Gasteiger partial charge in [-0.2, -0.15) is 0 Å². The summed E-state index contributed by atoms with van der Waals surface area (Å²) in [6, 6.07) is 4.27. The van der Waals surface area contributed by atoms with Crippen LogP contribution >= 0.6 is 23.2 Å². The lowest BCUT2D eigenvalue weighted by molar-refractivity contribution is 0.0956. The molecule has 0 bridgehead atoms. The van der Waals surface area contributed by atoms with E-state index in [-0.39, 0.29) is 16.7 Å². The van der Waals surface area contributed by atoms with Crippen molar-refractivity contribution in [1.29, 1.82) is 0 Å². The molecule has 0 aliphatic heterocycles. The van der Waals surface area contributed by atoms with E-state index in [4.69, 9.17) is 28.3 Å². The van der Waals surface area contributed by atoms with Gasteiger partial charge in [-0.3, -0.25) is 4.79 Å². The molecule has 0 heterocycles. The third kappa shape index (κ3) is 2.79. The van der Waals surface area contributed by atoms with Gasteiger partial charge >= 0.3 is 0 Å². The minimum absolute atomic E-state index is 0.0411. The lowest BCUT2D eigenvalue weighted by Crippen LogP contribution is -2.25. The van der Waals surface area contributed by atoms with Crippen LogP contribution < -0.4 is 5.32 Å². The minimum atomic E-state index is -0.257. The number of benzene rings is 1. The van der Waals surface area contributed by atoms with Crippen LogP contribution in [0.1, 0.15) is 10.4 Å². The molecule has 0 unspecified atom stereocenters. The molecule has 5 heteroatoms. The fraction of sp³-hybridized carbons (Fsp3) is 0.222. The first kappa shape index (κ1) is 11.1. The van der Waals surface area contributed by atoms with Crippen molar-refractivity contribution in [3.8, 4) is 5.75 Å². The molecule has 0 aliphatic rings. The Hall–Kier alpha value is -0.930. The largest absolute Gasteiger partial charge is 0.506 e. The van der Waals surface area contributed by atoms with Gasteiger partial charge in [0.2, 0.25) is 0 Å². The topological polar surface area (TPSA) is 49.3 Å². The van der Waals surface area contributed by atoms with Crippen molar-refractivity contribution in [2.45, 2.75) is 0 Å². The third-order valence-corrected chi connectivity index (χ3v) is 2.08. The smallest absolute Gasteiger partial charge is 0.251 e. The van der Waals surface area contributed by atoms with Crippen LogP contribution in [0.5, 0.6) is 5.75 Å². The normalized spacial score (nSPS) is 9.86. The molecule has 0 aliphatic carbocycles. The number of phenols is 1. The monoisotopic (exact) mass is 233 g/mol. The highest BCUT2D eigenvalue weighted by molar-refractivity contribution is 6.32.